The normalized spacial score (nSPS) is 10.7. The molecule has 31 heavy (non-hydrogen) atoms. The van der Waals surface area contributed by atoms with E-state index < -0.39 is 9.85 Å². The van der Waals surface area contributed by atoms with Crippen LogP contribution in [0, 0.1) is 20.2 Å². The minimum Gasteiger partial charge on any atom is -0.354 e. The fraction of sp³-hybridized carbons (Fsp3) is 0.0476. The van der Waals surface area contributed by atoms with Crippen molar-refractivity contribution in [3.63, 3.8) is 0 Å². The van der Waals surface area contributed by atoms with Crippen LogP contribution in [0.3, 0.4) is 0 Å². The minimum atomic E-state index is -0.521. The zero-order valence-electron chi connectivity index (χ0n) is 16.2. The van der Waals surface area contributed by atoms with Gasteiger partial charge in [-0.05, 0) is 36.4 Å². The molecule has 0 unspecified atom stereocenters. The number of carbonyl (C=O) groups excluding carboxylic acids is 1. The van der Waals surface area contributed by atoms with E-state index in [1.54, 1.807) is 36.4 Å². The topological polar surface area (TPSA) is 140 Å². The third-order valence-corrected chi connectivity index (χ3v) is 4.64. The number of nitrogens with zero attached hydrogens (tertiary/aromatic N) is 3. The predicted octanol–water partition coefficient (Wildman–Crippen LogP) is 4.91. The number of hydrogen-bond acceptors (Lipinski definition) is 7. The van der Waals surface area contributed by atoms with E-state index in [2.05, 4.69) is 15.6 Å². The number of rotatable bonds is 5. The van der Waals surface area contributed by atoms with Gasteiger partial charge in [-0.1, -0.05) is 0 Å². The summed E-state index contributed by atoms with van der Waals surface area (Å²) in [5.74, 6) is -0.185. The van der Waals surface area contributed by atoms with Gasteiger partial charge in [0.25, 0.3) is 11.4 Å². The van der Waals surface area contributed by atoms with Crippen molar-refractivity contribution in [2.75, 3.05) is 10.6 Å². The van der Waals surface area contributed by atoms with Crippen LogP contribution in [0.1, 0.15) is 6.92 Å². The second-order valence-corrected chi connectivity index (χ2v) is 6.79. The number of benzene rings is 3. The summed E-state index contributed by atoms with van der Waals surface area (Å²) in [6, 6.07) is 15.6. The first-order valence-corrected chi connectivity index (χ1v) is 9.13. The molecule has 4 aromatic rings. The third kappa shape index (κ3) is 3.94. The van der Waals surface area contributed by atoms with E-state index in [0.29, 0.717) is 38.9 Å². The summed E-state index contributed by atoms with van der Waals surface area (Å²) in [6.07, 6.45) is 0. The number of pyridine rings is 1. The van der Waals surface area contributed by atoms with Gasteiger partial charge in [-0.2, -0.15) is 0 Å². The summed E-state index contributed by atoms with van der Waals surface area (Å²) in [6.45, 7) is 1.42. The molecule has 10 nitrogen and oxygen atoms in total. The molecule has 1 amide bonds. The van der Waals surface area contributed by atoms with Crippen molar-refractivity contribution >= 4 is 56.1 Å². The first-order chi connectivity index (χ1) is 14.8. The number of fused-ring (bicyclic) bond motifs is 2. The van der Waals surface area contributed by atoms with E-state index in [1.807, 2.05) is 0 Å². The van der Waals surface area contributed by atoms with Crippen LogP contribution in [0.2, 0.25) is 0 Å². The average molecular weight is 417 g/mol. The Kier molecular flexibility index (Phi) is 4.88. The fourth-order valence-electron chi connectivity index (χ4n) is 3.27. The average Bonchev–Trinajstić information content (AvgIpc) is 2.73. The largest absolute Gasteiger partial charge is 0.354 e. The maximum Gasteiger partial charge on any atom is 0.271 e. The molecule has 0 atom stereocenters. The molecular weight excluding hydrogens is 402 g/mol. The van der Waals surface area contributed by atoms with Gasteiger partial charge >= 0.3 is 0 Å². The molecule has 0 aliphatic rings. The van der Waals surface area contributed by atoms with Crippen molar-refractivity contribution in [3.8, 4) is 0 Å². The van der Waals surface area contributed by atoms with Gasteiger partial charge in [0, 0.05) is 53.3 Å². The molecule has 0 aliphatic heterocycles. The van der Waals surface area contributed by atoms with Crippen LogP contribution in [-0.4, -0.2) is 20.7 Å². The quantitative estimate of drug-likeness (QED) is 0.267. The van der Waals surface area contributed by atoms with Gasteiger partial charge in [-0.15, -0.1) is 0 Å². The van der Waals surface area contributed by atoms with E-state index in [4.69, 9.17) is 0 Å². The van der Waals surface area contributed by atoms with Crippen molar-refractivity contribution in [1.29, 1.82) is 0 Å². The van der Waals surface area contributed by atoms with Gasteiger partial charge in [0.1, 0.15) is 0 Å². The molecule has 0 spiro atoms. The van der Waals surface area contributed by atoms with E-state index in [-0.39, 0.29) is 17.3 Å². The lowest BCUT2D eigenvalue weighted by atomic mass is 10.1. The molecule has 0 radical (unpaired) electrons. The molecule has 4 rings (SSSR count). The molecule has 0 saturated carbocycles. The second-order valence-electron chi connectivity index (χ2n) is 6.79. The number of nitrogens with one attached hydrogen (secondary N) is 2. The SMILES string of the molecule is CC(=O)Nc1ccc(Nc2c3ccc([N+](=O)[O-])cc3nc3cc([N+](=O)[O-])ccc23)cc1. The van der Waals surface area contributed by atoms with Gasteiger partial charge in [0.05, 0.1) is 26.6 Å². The van der Waals surface area contributed by atoms with E-state index >= 15 is 0 Å². The van der Waals surface area contributed by atoms with Crippen LogP contribution >= 0.6 is 0 Å². The maximum atomic E-state index is 11.2. The molecule has 10 heteroatoms. The Morgan fingerprint density at radius 3 is 1.74 bits per heavy atom. The Labute approximate surface area is 174 Å². The van der Waals surface area contributed by atoms with Gasteiger partial charge in [0.15, 0.2) is 0 Å². The maximum absolute atomic E-state index is 11.2. The summed E-state index contributed by atoms with van der Waals surface area (Å²) in [4.78, 5) is 36.9. The highest BCUT2D eigenvalue weighted by Crippen LogP contribution is 2.36. The zero-order valence-corrected chi connectivity index (χ0v) is 16.2. The van der Waals surface area contributed by atoms with Gasteiger partial charge in [-0.25, -0.2) is 4.98 Å². The van der Waals surface area contributed by atoms with E-state index in [1.165, 1.54) is 31.2 Å². The van der Waals surface area contributed by atoms with Gasteiger partial charge < -0.3 is 10.6 Å². The van der Waals surface area contributed by atoms with Crippen molar-refractivity contribution in [2.24, 2.45) is 0 Å². The number of non-ortho nitro benzene ring substituents is 2. The highest BCUT2D eigenvalue weighted by molar-refractivity contribution is 6.09. The lowest BCUT2D eigenvalue weighted by Crippen LogP contribution is -2.05. The molecule has 154 valence electrons. The predicted molar refractivity (Wildman–Crippen MR) is 117 cm³/mol. The van der Waals surface area contributed by atoms with Crippen molar-refractivity contribution < 1.29 is 14.6 Å². The number of carbonyl (C=O) groups is 1. The third-order valence-electron chi connectivity index (χ3n) is 4.64. The monoisotopic (exact) mass is 417 g/mol. The summed E-state index contributed by atoms with van der Waals surface area (Å²) >= 11 is 0. The molecule has 0 bridgehead atoms. The highest BCUT2D eigenvalue weighted by Gasteiger charge is 2.16. The van der Waals surface area contributed by atoms with Gasteiger partial charge in [-0.3, -0.25) is 25.0 Å². The lowest BCUT2D eigenvalue weighted by Gasteiger charge is -2.14. The van der Waals surface area contributed by atoms with Crippen LogP contribution in [0.4, 0.5) is 28.4 Å². The molecule has 3 aromatic carbocycles. The Morgan fingerprint density at radius 2 is 1.29 bits per heavy atom. The number of hydrogen-bond donors (Lipinski definition) is 2. The first-order valence-electron chi connectivity index (χ1n) is 9.13. The Bertz CT molecular complexity index is 1300. The van der Waals surface area contributed by atoms with Crippen LogP contribution < -0.4 is 10.6 Å². The number of amides is 1. The fourth-order valence-corrected chi connectivity index (χ4v) is 3.27. The molecule has 0 saturated heterocycles. The minimum absolute atomic E-state index is 0.129. The molecule has 0 fully saturated rings. The number of nitro groups is 2. The number of anilines is 3. The van der Waals surface area contributed by atoms with Crippen LogP contribution in [0.25, 0.3) is 21.8 Å². The van der Waals surface area contributed by atoms with E-state index in [9.17, 15) is 25.0 Å². The molecule has 1 aromatic heterocycles. The summed E-state index contributed by atoms with van der Waals surface area (Å²) in [5, 5.41) is 29.6. The smallest absolute Gasteiger partial charge is 0.271 e. The summed E-state index contributed by atoms with van der Waals surface area (Å²) in [5.41, 5.74) is 2.34. The zero-order chi connectivity index (χ0) is 22.1. The first kappa shape index (κ1) is 19.7. The highest BCUT2D eigenvalue weighted by atomic mass is 16.6. The van der Waals surface area contributed by atoms with Crippen LogP contribution in [-0.2, 0) is 4.79 Å². The Hall–Kier alpha value is -4.60. The van der Waals surface area contributed by atoms with Crippen molar-refractivity contribution in [3.05, 3.63) is 80.9 Å². The molecule has 2 N–H and O–H groups in total. The van der Waals surface area contributed by atoms with Crippen LogP contribution in [0.15, 0.2) is 60.7 Å². The van der Waals surface area contributed by atoms with Crippen LogP contribution in [0.5, 0.6) is 0 Å². The Morgan fingerprint density at radius 1 is 0.806 bits per heavy atom. The van der Waals surface area contributed by atoms with Crippen molar-refractivity contribution in [1.82, 2.24) is 4.98 Å². The standard InChI is InChI=1S/C21H15N5O5/c1-12(27)22-13-2-4-14(5-3-13)23-21-17-8-6-15(25(28)29)10-19(17)24-20-11-16(26(30)31)7-9-18(20)21/h2-11H,1H3,(H,22,27)(H,23,24). The summed E-state index contributed by atoms with van der Waals surface area (Å²) in [7, 11) is 0. The molecule has 1 heterocycles. The second kappa shape index (κ2) is 7.67. The summed E-state index contributed by atoms with van der Waals surface area (Å²) < 4.78 is 0. The number of nitro benzene ring substituents is 2. The van der Waals surface area contributed by atoms with Gasteiger partial charge in [0.2, 0.25) is 5.91 Å². The molecule has 0 aliphatic carbocycles. The van der Waals surface area contributed by atoms with E-state index in [0.717, 1.165) is 0 Å². The number of aromatic nitrogens is 1. The van der Waals surface area contributed by atoms with Crippen molar-refractivity contribution in [2.45, 2.75) is 6.92 Å². The lowest BCUT2D eigenvalue weighted by molar-refractivity contribution is -0.384. The Balaban J connectivity index is 1.88. The molecular formula is C21H15N5O5.